The number of nitrogens with zero attached hydrogens (tertiary/aromatic N) is 1. The van der Waals surface area contributed by atoms with Gasteiger partial charge in [-0.2, -0.15) is 0 Å². The summed E-state index contributed by atoms with van der Waals surface area (Å²) >= 11 is 3.67. The average Bonchev–Trinajstić information content (AvgIpc) is 2.97. The van der Waals surface area contributed by atoms with Gasteiger partial charge in [0.2, 0.25) is 0 Å². The van der Waals surface area contributed by atoms with Crippen molar-refractivity contribution in [2.45, 2.75) is 26.2 Å². The Morgan fingerprint density at radius 1 is 1.09 bits per heavy atom. The van der Waals surface area contributed by atoms with Crippen LogP contribution in [-0.4, -0.2) is 4.98 Å². The molecule has 1 aromatic heterocycles. The SMILES string of the molecule is Cc1ccc(Nc2c3c(nc4ccccc24)CCC3)c(Br)c1. The number of aryl methyl sites for hydroxylation is 2. The molecule has 1 aliphatic carbocycles. The number of para-hydroxylation sites is 1. The van der Waals surface area contributed by atoms with Crippen LogP contribution in [0.1, 0.15) is 23.2 Å². The summed E-state index contributed by atoms with van der Waals surface area (Å²) in [6, 6.07) is 14.8. The molecule has 1 aliphatic rings. The van der Waals surface area contributed by atoms with Gasteiger partial charge in [0.25, 0.3) is 0 Å². The van der Waals surface area contributed by atoms with Gasteiger partial charge in [0, 0.05) is 15.6 Å². The van der Waals surface area contributed by atoms with E-state index in [2.05, 4.69) is 70.6 Å². The fourth-order valence-electron chi connectivity index (χ4n) is 3.21. The van der Waals surface area contributed by atoms with Crippen molar-refractivity contribution >= 4 is 38.2 Å². The highest BCUT2D eigenvalue weighted by Crippen LogP contribution is 2.37. The highest BCUT2D eigenvalue weighted by Gasteiger charge is 2.19. The first-order valence-electron chi connectivity index (χ1n) is 7.66. The molecular formula is C19H17BrN2. The summed E-state index contributed by atoms with van der Waals surface area (Å²) in [5.41, 5.74) is 7.30. The lowest BCUT2D eigenvalue weighted by atomic mass is 10.1. The molecule has 4 rings (SSSR count). The molecule has 110 valence electrons. The predicted octanol–water partition coefficient (Wildman–Crippen LogP) is 5.54. The van der Waals surface area contributed by atoms with E-state index in [1.54, 1.807) is 0 Å². The molecule has 0 fully saturated rings. The Morgan fingerprint density at radius 2 is 1.95 bits per heavy atom. The fourth-order valence-corrected chi connectivity index (χ4v) is 3.80. The zero-order chi connectivity index (χ0) is 15.1. The number of nitrogens with one attached hydrogen (secondary N) is 1. The van der Waals surface area contributed by atoms with E-state index in [0.717, 1.165) is 28.5 Å². The molecule has 22 heavy (non-hydrogen) atoms. The normalized spacial score (nSPS) is 13.4. The Labute approximate surface area is 138 Å². The Bertz CT molecular complexity index is 871. The standard InChI is InChI=1S/C19H17BrN2/c1-12-9-10-18(15(20)11-12)22-19-13-5-2-3-7-16(13)21-17-8-4-6-14(17)19/h2-3,5,7,9-11H,4,6,8H2,1H3,(H,21,22). The second-order valence-electron chi connectivity index (χ2n) is 5.89. The number of anilines is 2. The van der Waals surface area contributed by atoms with E-state index in [0.29, 0.717) is 0 Å². The third-order valence-corrected chi connectivity index (χ3v) is 4.96. The van der Waals surface area contributed by atoms with Gasteiger partial charge in [0.15, 0.2) is 0 Å². The molecule has 0 bridgehead atoms. The second-order valence-corrected chi connectivity index (χ2v) is 6.75. The number of hydrogen-bond donors (Lipinski definition) is 1. The van der Waals surface area contributed by atoms with E-state index < -0.39 is 0 Å². The fraction of sp³-hybridized carbons (Fsp3) is 0.211. The van der Waals surface area contributed by atoms with Crippen LogP contribution in [0.5, 0.6) is 0 Å². The van der Waals surface area contributed by atoms with Crippen molar-refractivity contribution in [1.82, 2.24) is 4.98 Å². The summed E-state index contributed by atoms with van der Waals surface area (Å²) in [5.74, 6) is 0. The van der Waals surface area contributed by atoms with Gasteiger partial charge in [-0.25, -0.2) is 0 Å². The minimum absolute atomic E-state index is 1.08. The minimum atomic E-state index is 1.08. The van der Waals surface area contributed by atoms with E-state index in [-0.39, 0.29) is 0 Å². The summed E-state index contributed by atoms with van der Waals surface area (Å²) in [6.07, 6.45) is 3.39. The summed E-state index contributed by atoms with van der Waals surface area (Å²) in [4.78, 5) is 4.84. The Hall–Kier alpha value is -1.87. The van der Waals surface area contributed by atoms with Crippen molar-refractivity contribution in [2.24, 2.45) is 0 Å². The van der Waals surface area contributed by atoms with E-state index in [4.69, 9.17) is 4.98 Å². The topological polar surface area (TPSA) is 24.9 Å². The Balaban J connectivity index is 1.90. The van der Waals surface area contributed by atoms with Crippen LogP contribution >= 0.6 is 15.9 Å². The summed E-state index contributed by atoms with van der Waals surface area (Å²) in [7, 11) is 0. The lowest BCUT2D eigenvalue weighted by Crippen LogP contribution is -2.00. The van der Waals surface area contributed by atoms with Gasteiger partial charge in [0.05, 0.1) is 16.9 Å². The summed E-state index contributed by atoms with van der Waals surface area (Å²) < 4.78 is 1.10. The molecule has 0 saturated heterocycles. The van der Waals surface area contributed by atoms with Crippen LogP contribution < -0.4 is 5.32 Å². The van der Waals surface area contributed by atoms with Gasteiger partial charge < -0.3 is 5.32 Å². The first-order valence-corrected chi connectivity index (χ1v) is 8.45. The maximum Gasteiger partial charge on any atom is 0.0726 e. The van der Waals surface area contributed by atoms with Crippen molar-refractivity contribution < 1.29 is 0 Å². The third kappa shape index (κ3) is 2.30. The molecular weight excluding hydrogens is 336 g/mol. The van der Waals surface area contributed by atoms with Crippen molar-refractivity contribution in [3.63, 3.8) is 0 Å². The molecule has 1 heterocycles. The van der Waals surface area contributed by atoms with Gasteiger partial charge in [-0.1, -0.05) is 24.3 Å². The van der Waals surface area contributed by atoms with Crippen molar-refractivity contribution in [3.05, 3.63) is 63.8 Å². The van der Waals surface area contributed by atoms with Gasteiger partial charge in [0.1, 0.15) is 0 Å². The van der Waals surface area contributed by atoms with E-state index in [1.807, 2.05) is 0 Å². The first-order chi connectivity index (χ1) is 10.7. The maximum absolute atomic E-state index is 4.84. The number of benzene rings is 2. The molecule has 0 aliphatic heterocycles. The van der Waals surface area contributed by atoms with Gasteiger partial charge >= 0.3 is 0 Å². The molecule has 2 aromatic carbocycles. The Morgan fingerprint density at radius 3 is 2.82 bits per heavy atom. The second kappa shape index (κ2) is 5.40. The zero-order valence-corrected chi connectivity index (χ0v) is 14.1. The molecule has 3 heteroatoms. The van der Waals surface area contributed by atoms with E-state index in [9.17, 15) is 0 Å². The van der Waals surface area contributed by atoms with Crippen LogP contribution in [0.4, 0.5) is 11.4 Å². The van der Waals surface area contributed by atoms with Crippen LogP contribution in [-0.2, 0) is 12.8 Å². The molecule has 0 amide bonds. The van der Waals surface area contributed by atoms with Crippen LogP contribution in [0.3, 0.4) is 0 Å². The number of fused-ring (bicyclic) bond motifs is 2. The minimum Gasteiger partial charge on any atom is -0.354 e. The zero-order valence-electron chi connectivity index (χ0n) is 12.5. The molecule has 0 saturated carbocycles. The van der Waals surface area contributed by atoms with Crippen molar-refractivity contribution in [2.75, 3.05) is 5.32 Å². The van der Waals surface area contributed by atoms with Crippen molar-refractivity contribution in [3.8, 4) is 0 Å². The molecule has 0 atom stereocenters. The van der Waals surface area contributed by atoms with Crippen molar-refractivity contribution in [1.29, 1.82) is 0 Å². The quantitative estimate of drug-likeness (QED) is 0.654. The molecule has 2 nitrogen and oxygen atoms in total. The van der Waals surface area contributed by atoms with E-state index >= 15 is 0 Å². The highest BCUT2D eigenvalue weighted by molar-refractivity contribution is 9.10. The molecule has 1 N–H and O–H groups in total. The number of hydrogen-bond acceptors (Lipinski definition) is 2. The Kier molecular flexibility index (Phi) is 3.38. The highest BCUT2D eigenvalue weighted by atomic mass is 79.9. The van der Waals surface area contributed by atoms with Crippen LogP contribution in [0.2, 0.25) is 0 Å². The number of pyridine rings is 1. The third-order valence-electron chi connectivity index (χ3n) is 4.30. The lowest BCUT2D eigenvalue weighted by molar-refractivity contribution is 0.901. The molecule has 0 radical (unpaired) electrons. The average molecular weight is 353 g/mol. The maximum atomic E-state index is 4.84. The smallest absolute Gasteiger partial charge is 0.0726 e. The van der Waals surface area contributed by atoms with Gasteiger partial charge in [-0.05, 0) is 71.4 Å². The molecule has 0 spiro atoms. The molecule has 3 aromatic rings. The van der Waals surface area contributed by atoms with Crippen LogP contribution in [0, 0.1) is 6.92 Å². The predicted molar refractivity (Wildman–Crippen MR) is 95.9 cm³/mol. The monoisotopic (exact) mass is 352 g/mol. The van der Waals surface area contributed by atoms with Crippen LogP contribution in [0.25, 0.3) is 10.9 Å². The lowest BCUT2D eigenvalue weighted by Gasteiger charge is -2.16. The largest absolute Gasteiger partial charge is 0.354 e. The van der Waals surface area contributed by atoms with Gasteiger partial charge in [-0.3, -0.25) is 4.98 Å². The summed E-state index contributed by atoms with van der Waals surface area (Å²) in [5, 5.41) is 4.86. The van der Waals surface area contributed by atoms with Crippen LogP contribution in [0.15, 0.2) is 46.9 Å². The first kappa shape index (κ1) is 13.8. The number of rotatable bonds is 2. The van der Waals surface area contributed by atoms with E-state index in [1.165, 1.54) is 34.3 Å². The number of halogens is 1. The number of aromatic nitrogens is 1. The molecule has 0 unspecified atom stereocenters. The summed E-state index contributed by atoms with van der Waals surface area (Å²) in [6.45, 7) is 2.11. The van der Waals surface area contributed by atoms with Gasteiger partial charge in [-0.15, -0.1) is 0 Å².